The lowest BCUT2D eigenvalue weighted by Gasteiger charge is -2.32. The first-order valence-corrected chi connectivity index (χ1v) is 8.26. The van der Waals surface area contributed by atoms with E-state index in [0.29, 0.717) is 6.04 Å². The number of nitrogens with zero attached hydrogens (tertiary/aromatic N) is 5. The number of hydrogen-bond donors (Lipinski definition) is 1. The zero-order valence-corrected chi connectivity index (χ0v) is 16.1. The minimum Gasteiger partial charge on any atom is -0.475 e. The molecule has 1 fully saturated rings. The van der Waals surface area contributed by atoms with Crippen LogP contribution in [0.1, 0.15) is 12.0 Å². The highest BCUT2D eigenvalue weighted by Gasteiger charge is 2.39. The predicted molar refractivity (Wildman–Crippen MR) is 92.3 cm³/mol. The molecule has 2 rings (SSSR count). The van der Waals surface area contributed by atoms with E-state index in [0.717, 1.165) is 19.4 Å². The van der Waals surface area contributed by atoms with Crippen LogP contribution in [0.3, 0.4) is 0 Å². The molecular formula is C16H26F3N5O3. The van der Waals surface area contributed by atoms with Crippen molar-refractivity contribution in [1.82, 2.24) is 24.5 Å². The molecular weight excluding hydrogens is 367 g/mol. The van der Waals surface area contributed by atoms with E-state index >= 15 is 0 Å². The molecule has 0 aliphatic carbocycles. The average Bonchev–Trinajstić information content (AvgIpc) is 3.13. The van der Waals surface area contributed by atoms with Gasteiger partial charge in [-0.2, -0.15) is 18.3 Å². The molecule has 2 atom stereocenters. The van der Waals surface area contributed by atoms with Gasteiger partial charge in [0.05, 0.1) is 12.2 Å². The number of halogens is 3. The summed E-state index contributed by atoms with van der Waals surface area (Å²) in [5.41, 5.74) is 1.18. The number of carboxylic acid groups (broad SMARTS) is 1. The third kappa shape index (κ3) is 6.42. The van der Waals surface area contributed by atoms with Crippen LogP contribution in [0.4, 0.5) is 18.0 Å². The summed E-state index contributed by atoms with van der Waals surface area (Å²) in [6.07, 6.45) is 0.723. The van der Waals surface area contributed by atoms with E-state index in [9.17, 15) is 18.0 Å². The van der Waals surface area contributed by atoms with Gasteiger partial charge in [-0.05, 0) is 32.5 Å². The third-order valence-electron chi connectivity index (χ3n) is 4.25. The van der Waals surface area contributed by atoms with Gasteiger partial charge in [0.15, 0.2) is 0 Å². The van der Waals surface area contributed by atoms with E-state index in [1.165, 1.54) is 5.56 Å². The van der Waals surface area contributed by atoms with Gasteiger partial charge >= 0.3 is 18.2 Å². The van der Waals surface area contributed by atoms with Crippen LogP contribution in [-0.4, -0.2) is 94.6 Å². The number of carbonyl (C=O) groups excluding carboxylic acids is 1. The maximum absolute atomic E-state index is 12.3. The molecule has 0 unspecified atom stereocenters. The largest absolute Gasteiger partial charge is 0.490 e. The average molecular weight is 393 g/mol. The number of likely N-dealkylation sites (tertiary alicyclic amines) is 1. The quantitative estimate of drug-likeness (QED) is 0.837. The van der Waals surface area contributed by atoms with E-state index in [1.54, 1.807) is 4.90 Å². The number of carboxylic acids is 1. The maximum atomic E-state index is 12.3. The lowest BCUT2D eigenvalue weighted by Crippen LogP contribution is -2.48. The van der Waals surface area contributed by atoms with Crippen molar-refractivity contribution in [3.63, 3.8) is 0 Å². The molecule has 1 saturated heterocycles. The van der Waals surface area contributed by atoms with Crippen LogP contribution in [0.5, 0.6) is 0 Å². The Kier molecular flexibility index (Phi) is 7.64. The number of carbonyl (C=O) groups is 2. The van der Waals surface area contributed by atoms with Gasteiger partial charge in [0.2, 0.25) is 0 Å². The maximum Gasteiger partial charge on any atom is 0.490 e. The van der Waals surface area contributed by atoms with Crippen molar-refractivity contribution < 1.29 is 27.9 Å². The Morgan fingerprint density at radius 2 is 1.85 bits per heavy atom. The van der Waals surface area contributed by atoms with Crippen molar-refractivity contribution in [3.05, 3.63) is 18.0 Å². The summed E-state index contributed by atoms with van der Waals surface area (Å²) in [6, 6.07) is 0.714. The zero-order valence-electron chi connectivity index (χ0n) is 16.1. The standard InChI is InChI=1S/C14H25N5O.C2HF3O2/c1-16(2)12-6-7-19(14(20)17(3)4)13(12)8-11-9-15-18(5)10-11;3-2(4,5)1(6)7/h9-10,12-13H,6-8H2,1-5H3;(H,6,7)/t12-,13+;/m1./s1. The number of aryl methyl sites for hydroxylation is 1. The zero-order chi connectivity index (χ0) is 20.9. The second-order valence-corrected chi connectivity index (χ2v) is 6.79. The van der Waals surface area contributed by atoms with Gasteiger partial charge in [-0.25, -0.2) is 9.59 Å². The molecule has 154 valence electrons. The van der Waals surface area contributed by atoms with Crippen molar-refractivity contribution in [3.8, 4) is 0 Å². The van der Waals surface area contributed by atoms with Gasteiger partial charge in [0.1, 0.15) is 0 Å². The molecule has 1 aromatic heterocycles. The molecule has 8 nitrogen and oxygen atoms in total. The van der Waals surface area contributed by atoms with Gasteiger partial charge < -0.3 is 19.8 Å². The number of urea groups is 1. The fourth-order valence-electron chi connectivity index (χ4n) is 3.00. The number of hydrogen-bond acceptors (Lipinski definition) is 4. The fourth-order valence-corrected chi connectivity index (χ4v) is 3.00. The van der Waals surface area contributed by atoms with Gasteiger partial charge in [-0.1, -0.05) is 0 Å². The first kappa shape index (κ1) is 22.7. The summed E-state index contributed by atoms with van der Waals surface area (Å²) in [5, 5.41) is 11.3. The Hall–Kier alpha value is -2.30. The first-order valence-electron chi connectivity index (χ1n) is 8.26. The lowest BCUT2D eigenvalue weighted by molar-refractivity contribution is -0.192. The van der Waals surface area contributed by atoms with Crippen molar-refractivity contribution in [1.29, 1.82) is 0 Å². The number of likely N-dealkylation sites (N-methyl/N-ethyl adjacent to an activating group) is 1. The molecule has 1 aliphatic rings. The summed E-state index contributed by atoms with van der Waals surface area (Å²) in [4.78, 5) is 27.1. The number of aliphatic carboxylic acids is 1. The summed E-state index contributed by atoms with van der Waals surface area (Å²) >= 11 is 0. The fraction of sp³-hybridized carbons (Fsp3) is 0.688. The molecule has 0 bridgehead atoms. The minimum absolute atomic E-state index is 0.100. The van der Waals surface area contributed by atoms with E-state index in [2.05, 4.69) is 24.1 Å². The second-order valence-electron chi connectivity index (χ2n) is 6.79. The SMILES string of the molecule is CN(C)C(=O)N1CC[C@@H](N(C)C)[C@@H]1Cc1cnn(C)c1.O=C(O)C(F)(F)F. The van der Waals surface area contributed by atoms with Gasteiger partial charge in [-0.3, -0.25) is 4.68 Å². The molecule has 11 heteroatoms. The topological polar surface area (TPSA) is 81.9 Å². The van der Waals surface area contributed by atoms with Crippen LogP contribution in [0.15, 0.2) is 12.4 Å². The lowest BCUT2D eigenvalue weighted by atomic mass is 10.0. The van der Waals surface area contributed by atoms with Crippen molar-refractivity contribution in [2.24, 2.45) is 7.05 Å². The molecule has 0 spiro atoms. The Balaban J connectivity index is 0.000000445. The van der Waals surface area contributed by atoms with E-state index < -0.39 is 12.1 Å². The number of rotatable bonds is 3. The number of aromatic nitrogens is 2. The van der Waals surface area contributed by atoms with Gasteiger partial charge in [0, 0.05) is 39.9 Å². The molecule has 0 saturated carbocycles. The molecule has 1 N–H and O–H groups in total. The number of amides is 2. The van der Waals surface area contributed by atoms with Crippen LogP contribution in [-0.2, 0) is 18.3 Å². The van der Waals surface area contributed by atoms with Gasteiger partial charge in [0.25, 0.3) is 0 Å². The van der Waals surface area contributed by atoms with Crippen LogP contribution >= 0.6 is 0 Å². The molecule has 27 heavy (non-hydrogen) atoms. The summed E-state index contributed by atoms with van der Waals surface area (Å²) in [7, 11) is 9.72. The highest BCUT2D eigenvalue weighted by Crippen LogP contribution is 2.25. The normalized spacial score (nSPS) is 19.7. The Bertz CT molecular complexity index is 645. The highest BCUT2D eigenvalue weighted by molar-refractivity contribution is 5.74. The smallest absolute Gasteiger partial charge is 0.475 e. The molecule has 1 aromatic rings. The first-order chi connectivity index (χ1) is 12.3. The second kappa shape index (κ2) is 9.07. The summed E-state index contributed by atoms with van der Waals surface area (Å²) in [6.45, 7) is 0.824. The summed E-state index contributed by atoms with van der Waals surface area (Å²) in [5.74, 6) is -2.76. The third-order valence-corrected chi connectivity index (χ3v) is 4.25. The predicted octanol–water partition coefficient (Wildman–Crippen LogP) is 1.28. The highest BCUT2D eigenvalue weighted by atomic mass is 19.4. The van der Waals surface area contributed by atoms with Crippen LogP contribution in [0, 0.1) is 0 Å². The molecule has 1 aliphatic heterocycles. The van der Waals surface area contributed by atoms with E-state index in [4.69, 9.17) is 9.90 Å². The van der Waals surface area contributed by atoms with E-state index in [-0.39, 0.29) is 12.1 Å². The molecule has 0 aromatic carbocycles. The van der Waals surface area contributed by atoms with Crippen LogP contribution in [0.2, 0.25) is 0 Å². The monoisotopic (exact) mass is 393 g/mol. The number of alkyl halides is 3. The van der Waals surface area contributed by atoms with Gasteiger partial charge in [-0.15, -0.1) is 0 Å². The summed E-state index contributed by atoms with van der Waals surface area (Å²) < 4.78 is 33.5. The Morgan fingerprint density at radius 3 is 2.22 bits per heavy atom. The molecule has 2 heterocycles. The van der Waals surface area contributed by atoms with E-state index in [1.807, 2.05) is 43.1 Å². The molecule has 0 radical (unpaired) electrons. The van der Waals surface area contributed by atoms with Crippen molar-refractivity contribution in [2.75, 3.05) is 34.7 Å². The molecule has 2 amide bonds. The Labute approximate surface area is 156 Å². The van der Waals surface area contributed by atoms with Crippen LogP contribution < -0.4 is 0 Å². The van der Waals surface area contributed by atoms with Crippen molar-refractivity contribution >= 4 is 12.0 Å². The van der Waals surface area contributed by atoms with Crippen molar-refractivity contribution in [2.45, 2.75) is 31.1 Å². The minimum atomic E-state index is -5.08. The van der Waals surface area contributed by atoms with Crippen LogP contribution in [0.25, 0.3) is 0 Å². The Morgan fingerprint density at radius 1 is 1.30 bits per heavy atom.